The van der Waals surface area contributed by atoms with Crippen molar-refractivity contribution in [1.29, 1.82) is 0 Å². The number of benzene rings is 2. The van der Waals surface area contributed by atoms with E-state index >= 15 is 0 Å². The van der Waals surface area contributed by atoms with Crippen molar-refractivity contribution >= 4 is 33.2 Å². The Kier molecular flexibility index (Phi) is 5.78. The number of rotatable bonds is 6. The molecule has 0 saturated carbocycles. The first-order valence-corrected chi connectivity index (χ1v) is 10.1. The first-order chi connectivity index (χ1) is 13.3. The maximum Gasteiger partial charge on any atom is 0.244 e. The highest BCUT2D eigenvalue weighted by molar-refractivity contribution is 7.89. The Hall–Kier alpha value is -2.75. The van der Waals surface area contributed by atoms with Gasteiger partial charge in [-0.25, -0.2) is 8.42 Å². The van der Waals surface area contributed by atoms with E-state index in [4.69, 9.17) is 16.1 Å². The number of carbonyl (C=O) groups is 1. The number of hydrogen-bond donors (Lipinski definition) is 2. The Morgan fingerprint density at radius 1 is 1.14 bits per heavy atom. The Labute approximate surface area is 167 Å². The zero-order valence-electron chi connectivity index (χ0n) is 15.0. The molecule has 3 rings (SSSR count). The summed E-state index contributed by atoms with van der Waals surface area (Å²) in [6, 6.07) is 12.0. The van der Waals surface area contributed by atoms with Crippen LogP contribution in [-0.2, 0) is 14.8 Å². The van der Waals surface area contributed by atoms with Crippen LogP contribution in [0.4, 0.5) is 5.69 Å². The van der Waals surface area contributed by atoms with Crippen LogP contribution < -0.4 is 10.0 Å². The summed E-state index contributed by atoms with van der Waals surface area (Å²) in [4.78, 5) is 15.3. The van der Waals surface area contributed by atoms with Crippen molar-refractivity contribution in [3.05, 3.63) is 59.4 Å². The predicted molar refractivity (Wildman–Crippen MR) is 104 cm³/mol. The Morgan fingerprint density at radius 2 is 1.82 bits per heavy atom. The van der Waals surface area contributed by atoms with E-state index in [0.29, 0.717) is 16.3 Å². The monoisotopic (exact) mass is 420 g/mol. The molecule has 1 amide bonds. The summed E-state index contributed by atoms with van der Waals surface area (Å²) in [6.07, 6.45) is 0. The van der Waals surface area contributed by atoms with E-state index in [-0.39, 0.29) is 22.5 Å². The van der Waals surface area contributed by atoms with Crippen molar-refractivity contribution in [3.8, 4) is 11.4 Å². The summed E-state index contributed by atoms with van der Waals surface area (Å²) in [5, 5.41) is 6.90. The largest absolute Gasteiger partial charge is 0.337 e. The maximum absolute atomic E-state index is 12.6. The lowest BCUT2D eigenvalue weighted by atomic mass is 10.2. The van der Waals surface area contributed by atoms with Gasteiger partial charge in [-0.1, -0.05) is 28.9 Å². The van der Waals surface area contributed by atoms with Gasteiger partial charge in [-0.2, -0.15) is 9.71 Å². The van der Waals surface area contributed by atoms with Gasteiger partial charge in [0.25, 0.3) is 0 Å². The molecule has 3 aromatic rings. The van der Waals surface area contributed by atoms with Crippen molar-refractivity contribution in [2.45, 2.75) is 24.8 Å². The highest BCUT2D eigenvalue weighted by atomic mass is 35.5. The molecule has 2 N–H and O–H groups in total. The minimum absolute atomic E-state index is 0.0410. The molecule has 0 aliphatic rings. The quantitative estimate of drug-likeness (QED) is 0.631. The molecular weight excluding hydrogens is 404 g/mol. The third-order valence-corrected chi connectivity index (χ3v) is 5.63. The van der Waals surface area contributed by atoms with Crippen molar-refractivity contribution in [1.82, 2.24) is 14.9 Å². The smallest absolute Gasteiger partial charge is 0.244 e. The van der Waals surface area contributed by atoms with Gasteiger partial charge in [0.15, 0.2) is 0 Å². The highest BCUT2D eigenvalue weighted by Gasteiger charge is 2.23. The number of halogens is 1. The Balaban J connectivity index is 1.76. The molecule has 146 valence electrons. The minimum atomic E-state index is -3.83. The molecule has 0 fully saturated rings. The number of hydrogen-bond acceptors (Lipinski definition) is 6. The number of sulfonamides is 1. The average Bonchev–Trinajstić information content (AvgIpc) is 3.12. The van der Waals surface area contributed by atoms with Gasteiger partial charge >= 0.3 is 0 Å². The van der Waals surface area contributed by atoms with Gasteiger partial charge in [-0.3, -0.25) is 4.79 Å². The molecular formula is C18H17ClN4O4S. The van der Waals surface area contributed by atoms with E-state index in [2.05, 4.69) is 20.2 Å². The maximum atomic E-state index is 12.6. The van der Waals surface area contributed by atoms with Crippen molar-refractivity contribution in [2.24, 2.45) is 0 Å². The van der Waals surface area contributed by atoms with E-state index in [9.17, 15) is 13.2 Å². The molecule has 8 nitrogen and oxygen atoms in total. The zero-order valence-corrected chi connectivity index (χ0v) is 16.6. The molecule has 2 aromatic carbocycles. The summed E-state index contributed by atoms with van der Waals surface area (Å²) in [5.41, 5.74) is 1.09. The van der Waals surface area contributed by atoms with Gasteiger partial charge < -0.3 is 9.84 Å². The number of amides is 1. The van der Waals surface area contributed by atoms with Gasteiger partial charge in [-0.15, -0.1) is 0 Å². The van der Waals surface area contributed by atoms with Crippen LogP contribution >= 0.6 is 11.6 Å². The van der Waals surface area contributed by atoms with Crippen molar-refractivity contribution in [2.75, 3.05) is 5.32 Å². The van der Waals surface area contributed by atoms with Gasteiger partial charge in [-0.05, 0) is 43.3 Å². The summed E-state index contributed by atoms with van der Waals surface area (Å²) < 4.78 is 32.8. The van der Waals surface area contributed by atoms with E-state index < -0.39 is 16.1 Å². The van der Waals surface area contributed by atoms with Crippen molar-refractivity contribution in [3.63, 3.8) is 0 Å². The number of aromatic nitrogens is 2. The lowest BCUT2D eigenvalue weighted by Crippen LogP contribution is -2.27. The molecule has 1 heterocycles. The van der Waals surface area contributed by atoms with E-state index in [0.717, 1.165) is 0 Å². The molecule has 1 unspecified atom stereocenters. The highest BCUT2D eigenvalue weighted by Crippen LogP contribution is 2.26. The molecule has 0 aliphatic heterocycles. The summed E-state index contributed by atoms with van der Waals surface area (Å²) >= 11 is 6.12. The summed E-state index contributed by atoms with van der Waals surface area (Å²) in [6.45, 7) is 2.96. The molecule has 0 aliphatic carbocycles. The van der Waals surface area contributed by atoms with Crippen LogP contribution in [0.1, 0.15) is 25.8 Å². The Bertz CT molecular complexity index is 1100. The summed E-state index contributed by atoms with van der Waals surface area (Å²) in [7, 11) is -3.83. The first-order valence-electron chi connectivity index (χ1n) is 8.25. The van der Waals surface area contributed by atoms with Crippen molar-refractivity contribution < 1.29 is 17.7 Å². The van der Waals surface area contributed by atoms with E-state index in [1.54, 1.807) is 31.2 Å². The normalized spacial score (nSPS) is 12.5. The van der Waals surface area contributed by atoms with Crippen LogP contribution in [-0.4, -0.2) is 24.5 Å². The fourth-order valence-electron chi connectivity index (χ4n) is 2.43. The number of carbonyl (C=O) groups excluding carboxylic acids is 1. The standard InChI is InChI=1S/C18H17ClN4O4S/c1-11(18-21-17(22-27-18)15-5-3-4-6-16(15)19)23-28(25,26)14-9-7-13(8-10-14)20-12(2)24/h3-11,23H,1-2H3,(H,20,24). The number of nitrogens with one attached hydrogen (secondary N) is 2. The van der Waals surface area contributed by atoms with Gasteiger partial charge in [0.1, 0.15) is 0 Å². The lowest BCUT2D eigenvalue weighted by molar-refractivity contribution is -0.114. The molecule has 0 bridgehead atoms. The minimum Gasteiger partial charge on any atom is -0.337 e. The lowest BCUT2D eigenvalue weighted by Gasteiger charge is -2.11. The third-order valence-electron chi connectivity index (χ3n) is 3.74. The fourth-order valence-corrected chi connectivity index (χ4v) is 3.85. The molecule has 28 heavy (non-hydrogen) atoms. The number of anilines is 1. The van der Waals surface area contributed by atoms with Crippen LogP contribution in [0, 0.1) is 0 Å². The fraction of sp³-hybridized carbons (Fsp3) is 0.167. The van der Waals surface area contributed by atoms with Crippen LogP contribution in [0.5, 0.6) is 0 Å². The topological polar surface area (TPSA) is 114 Å². The first kappa shape index (κ1) is 20.0. The number of nitrogens with zero attached hydrogens (tertiary/aromatic N) is 2. The van der Waals surface area contributed by atoms with Gasteiger partial charge in [0.05, 0.1) is 16.0 Å². The molecule has 10 heteroatoms. The second-order valence-corrected chi connectivity index (χ2v) is 8.11. The van der Waals surface area contributed by atoms with Crippen LogP contribution in [0.15, 0.2) is 57.9 Å². The second-order valence-electron chi connectivity index (χ2n) is 5.98. The van der Waals surface area contributed by atoms with E-state index in [1.807, 2.05) is 0 Å². The van der Waals surface area contributed by atoms with Gasteiger partial charge in [0, 0.05) is 18.2 Å². The summed E-state index contributed by atoms with van der Waals surface area (Å²) in [5.74, 6) is 0.132. The van der Waals surface area contributed by atoms with E-state index in [1.165, 1.54) is 31.2 Å². The molecule has 1 aromatic heterocycles. The van der Waals surface area contributed by atoms with Crippen LogP contribution in [0.3, 0.4) is 0 Å². The predicted octanol–water partition coefficient (Wildman–Crippen LogP) is 3.39. The average molecular weight is 421 g/mol. The van der Waals surface area contributed by atoms with Gasteiger partial charge in [0.2, 0.25) is 27.6 Å². The molecule has 0 saturated heterocycles. The zero-order chi connectivity index (χ0) is 20.3. The van der Waals surface area contributed by atoms with Crippen LogP contribution in [0.2, 0.25) is 5.02 Å². The second kappa shape index (κ2) is 8.09. The molecule has 1 atom stereocenters. The van der Waals surface area contributed by atoms with Crippen LogP contribution in [0.25, 0.3) is 11.4 Å². The molecule has 0 radical (unpaired) electrons. The SMILES string of the molecule is CC(=O)Nc1ccc(S(=O)(=O)NC(C)c2nc(-c3ccccc3Cl)no2)cc1. The third kappa shape index (κ3) is 4.56. The Morgan fingerprint density at radius 3 is 2.46 bits per heavy atom. The molecule has 0 spiro atoms.